The topological polar surface area (TPSA) is 59.4 Å². The first-order chi connectivity index (χ1) is 13.2. The summed E-state index contributed by atoms with van der Waals surface area (Å²) in [6, 6.07) is 17.3. The fourth-order valence-electron chi connectivity index (χ4n) is 3.47. The molecule has 1 amide bonds. The Bertz CT molecular complexity index is 952. The number of nitrogens with one attached hydrogen (secondary N) is 1. The van der Waals surface area contributed by atoms with Gasteiger partial charge in [0.2, 0.25) is 5.91 Å². The predicted molar refractivity (Wildman–Crippen MR) is 106 cm³/mol. The van der Waals surface area contributed by atoms with Crippen molar-refractivity contribution in [3.63, 3.8) is 0 Å². The highest BCUT2D eigenvalue weighted by Crippen LogP contribution is 2.32. The standard InChI is InChI=1S/C21H22N4O2/c1-15-18(14-22-25(15)16-8-4-3-5-9-16)23-17-12-13-24(21(17)26)19-10-6-7-11-20(19)27-2/h3-11,14,17,23H,12-13H2,1-2H3. The van der Waals surface area contributed by atoms with Gasteiger partial charge in [-0.1, -0.05) is 30.3 Å². The predicted octanol–water partition coefficient (Wildman–Crippen LogP) is 3.41. The molecule has 1 aliphatic heterocycles. The number of methoxy groups -OCH3 is 1. The zero-order valence-electron chi connectivity index (χ0n) is 15.4. The van der Waals surface area contributed by atoms with Crippen LogP contribution in [0.1, 0.15) is 12.1 Å². The minimum Gasteiger partial charge on any atom is -0.495 e. The third kappa shape index (κ3) is 3.14. The van der Waals surface area contributed by atoms with Crippen molar-refractivity contribution in [3.05, 3.63) is 66.5 Å². The molecule has 1 atom stereocenters. The number of ether oxygens (including phenoxy) is 1. The molecule has 0 radical (unpaired) electrons. The Morgan fingerprint density at radius 2 is 1.85 bits per heavy atom. The number of carbonyl (C=O) groups is 1. The number of aromatic nitrogens is 2. The van der Waals surface area contributed by atoms with Crippen LogP contribution < -0.4 is 15.0 Å². The molecule has 0 bridgehead atoms. The highest BCUT2D eigenvalue weighted by molar-refractivity contribution is 6.02. The summed E-state index contributed by atoms with van der Waals surface area (Å²) in [7, 11) is 1.62. The third-order valence-corrected chi connectivity index (χ3v) is 4.92. The molecule has 2 heterocycles. The minimum absolute atomic E-state index is 0.0476. The van der Waals surface area contributed by atoms with Crippen LogP contribution in [-0.2, 0) is 4.79 Å². The summed E-state index contributed by atoms with van der Waals surface area (Å²) in [5, 5.41) is 7.84. The van der Waals surface area contributed by atoms with E-state index >= 15 is 0 Å². The molecule has 6 nitrogen and oxygen atoms in total. The summed E-state index contributed by atoms with van der Waals surface area (Å²) in [5.41, 5.74) is 3.66. The molecule has 1 aromatic heterocycles. The summed E-state index contributed by atoms with van der Waals surface area (Å²) in [6.45, 7) is 2.66. The van der Waals surface area contributed by atoms with E-state index in [1.807, 2.05) is 66.2 Å². The third-order valence-electron chi connectivity index (χ3n) is 4.92. The lowest BCUT2D eigenvalue weighted by molar-refractivity contribution is -0.117. The fourth-order valence-corrected chi connectivity index (χ4v) is 3.47. The molecule has 138 valence electrons. The summed E-state index contributed by atoms with van der Waals surface area (Å²) in [5.74, 6) is 0.755. The van der Waals surface area contributed by atoms with E-state index in [0.29, 0.717) is 12.3 Å². The lowest BCUT2D eigenvalue weighted by Crippen LogP contribution is -2.33. The molecule has 1 N–H and O–H groups in total. The van der Waals surface area contributed by atoms with Gasteiger partial charge in [-0.3, -0.25) is 4.79 Å². The van der Waals surface area contributed by atoms with Crippen LogP contribution in [0.2, 0.25) is 0 Å². The van der Waals surface area contributed by atoms with Crippen molar-refractivity contribution in [1.29, 1.82) is 0 Å². The fraction of sp³-hybridized carbons (Fsp3) is 0.238. The first-order valence-corrected chi connectivity index (χ1v) is 9.00. The molecule has 0 saturated carbocycles. The monoisotopic (exact) mass is 362 g/mol. The Kier molecular flexibility index (Phi) is 4.54. The van der Waals surface area contributed by atoms with Crippen molar-refractivity contribution >= 4 is 17.3 Å². The van der Waals surface area contributed by atoms with Gasteiger partial charge in [0.15, 0.2) is 0 Å². The lowest BCUT2D eigenvalue weighted by Gasteiger charge is -2.20. The number of hydrogen-bond donors (Lipinski definition) is 1. The first kappa shape index (κ1) is 17.1. The second kappa shape index (κ2) is 7.15. The number of rotatable bonds is 5. The van der Waals surface area contributed by atoms with Gasteiger partial charge in [0.25, 0.3) is 0 Å². The van der Waals surface area contributed by atoms with Crippen molar-refractivity contribution in [2.75, 3.05) is 23.9 Å². The molecular formula is C21H22N4O2. The smallest absolute Gasteiger partial charge is 0.249 e. The molecule has 27 heavy (non-hydrogen) atoms. The van der Waals surface area contributed by atoms with Crippen LogP contribution in [0.5, 0.6) is 5.75 Å². The Morgan fingerprint density at radius 3 is 2.63 bits per heavy atom. The summed E-state index contributed by atoms with van der Waals surface area (Å²) in [4.78, 5) is 14.7. The number of carbonyl (C=O) groups excluding carboxylic acids is 1. The van der Waals surface area contributed by atoms with E-state index in [1.165, 1.54) is 0 Å². The van der Waals surface area contributed by atoms with E-state index < -0.39 is 0 Å². The maximum atomic E-state index is 12.9. The Morgan fingerprint density at radius 1 is 1.11 bits per heavy atom. The zero-order valence-corrected chi connectivity index (χ0v) is 15.4. The summed E-state index contributed by atoms with van der Waals surface area (Å²) in [6.07, 6.45) is 2.51. The van der Waals surface area contributed by atoms with Crippen LogP contribution in [-0.4, -0.2) is 35.4 Å². The van der Waals surface area contributed by atoms with Gasteiger partial charge >= 0.3 is 0 Å². The molecule has 3 aromatic rings. The van der Waals surface area contributed by atoms with Gasteiger partial charge in [0.1, 0.15) is 11.8 Å². The van der Waals surface area contributed by atoms with Crippen LogP contribution in [0.3, 0.4) is 0 Å². The summed E-state index contributed by atoms with van der Waals surface area (Å²) >= 11 is 0. The number of amides is 1. The second-order valence-electron chi connectivity index (χ2n) is 6.54. The molecule has 4 rings (SSSR count). The van der Waals surface area contributed by atoms with E-state index in [-0.39, 0.29) is 11.9 Å². The highest BCUT2D eigenvalue weighted by atomic mass is 16.5. The summed E-state index contributed by atoms with van der Waals surface area (Å²) < 4.78 is 7.28. The molecule has 1 unspecified atom stereocenters. The van der Waals surface area contributed by atoms with E-state index in [2.05, 4.69) is 10.4 Å². The van der Waals surface area contributed by atoms with Gasteiger partial charge in [0, 0.05) is 6.54 Å². The van der Waals surface area contributed by atoms with Crippen LogP contribution >= 0.6 is 0 Å². The minimum atomic E-state index is -0.276. The van der Waals surface area contributed by atoms with Gasteiger partial charge in [-0.15, -0.1) is 0 Å². The van der Waals surface area contributed by atoms with Gasteiger partial charge in [-0.2, -0.15) is 5.10 Å². The van der Waals surface area contributed by atoms with Gasteiger partial charge < -0.3 is 15.0 Å². The second-order valence-corrected chi connectivity index (χ2v) is 6.54. The number of nitrogens with zero attached hydrogens (tertiary/aromatic N) is 3. The Labute approximate surface area is 158 Å². The van der Waals surface area contributed by atoms with Crippen molar-refractivity contribution < 1.29 is 9.53 Å². The van der Waals surface area contributed by atoms with Crippen LogP contribution in [0.25, 0.3) is 5.69 Å². The number of para-hydroxylation sites is 3. The molecule has 0 spiro atoms. The Hall–Kier alpha value is -3.28. The van der Waals surface area contributed by atoms with Gasteiger partial charge in [-0.25, -0.2) is 4.68 Å². The molecular weight excluding hydrogens is 340 g/mol. The van der Waals surface area contributed by atoms with Crippen molar-refractivity contribution in [3.8, 4) is 11.4 Å². The van der Waals surface area contributed by atoms with Crippen LogP contribution in [0, 0.1) is 6.92 Å². The molecule has 1 saturated heterocycles. The van der Waals surface area contributed by atoms with Gasteiger partial charge in [-0.05, 0) is 37.6 Å². The number of hydrogen-bond acceptors (Lipinski definition) is 4. The van der Waals surface area contributed by atoms with E-state index in [0.717, 1.165) is 29.2 Å². The quantitative estimate of drug-likeness (QED) is 0.756. The maximum Gasteiger partial charge on any atom is 0.249 e. The molecule has 1 fully saturated rings. The largest absolute Gasteiger partial charge is 0.495 e. The SMILES string of the molecule is COc1ccccc1N1CCC(Nc2cnn(-c3ccccc3)c2C)C1=O. The number of benzene rings is 2. The van der Waals surface area contributed by atoms with Crippen LogP contribution in [0.4, 0.5) is 11.4 Å². The number of anilines is 2. The van der Waals surface area contributed by atoms with Crippen molar-refractivity contribution in [2.24, 2.45) is 0 Å². The molecule has 2 aromatic carbocycles. The maximum absolute atomic E-state index is 12.9. The average Bonchev–Trinajstić information content (AvgIpc) is 3.26. The van der Waals surface area contributed by atoms with E-state index in [1.54, 1.807) is 18.2 Å². The molecule has 1 aliphatic rings. The normalized spacial score (nSPS) is 16.6. The first-order valence-electron chi connectivity index (χ1n) is 9.00. The Balaban J connectivity index is 1.53. The highest BCUT2D eigenvalue weighted by Gasteiger charge is 2.34. The average molecular weight is 362 g/mol. The molecule has 0 aliphatic carbocycles. The van der Waals surface area contributed by atoms with E-state index in [9.17, 15) is 4.79 Å². The van der Waals surface area contributed by atoms with Gasteiger partial charge in [0.05, 0.1) is 36.1 Å². The van der Waals surface area contributed by atoms with Crippen LogP contribution in [0.15, 0.2) is 60.8 Å². The van der Waals surface area contributed by atoms with Crippen molar-refractivity contribution in [1.82, 2.24) is 9.78 Å². The lowest BCUT2D eigenvalue weighted by atomic mass is 10.2. The zero-order chi connectivity index (χ0) is 18.8. The van der Waals surface area contributed by atoms with Crippen molar-refractivity contribution in [2.45, 2.75) is 19.4 Å². The van der Waals surface area contributed by atoms with E-state index in [4.69, 9.17) is 4.74 Å². The molecule has 6 heteroatoms.